The maximum Gasteiger partial charge on any atom is 0.241 e. The minimum Gasteiger partial charge on any atom is -0.491 e. The SMILES string of the molecule is CC(C)Oc1ccc(NS(=O)(=O)CC(=O)N2CCC(CN3CC(C)OC(C)C3)CC2)cc1. The number of hydrogen-bond donors (Lipinski definition) is 1. The molecule has 1 aromatic rings. The van der Waals surface area contributed by atoms with E-state index in [-0.39, 0.29) is 24.2 Å². The minimum absolute atomic E-state index is 0.0419. The average Bonchev–Trinajstić information content (AvgIpc) is 2.68. The maximum atomic E-state index is 12.6. The molecule has 1 amide bonds. The summed E-state index contributed by atoms with van der Waals surface area (Å²) < 4.78 is 38.8. The Hall–Kier alpha value is -1.84. The minimum atomic E-state index is -3.77. The number of rotatable bonds is 8. The Morgan fingerprint density at radius 2 is 1.72 bits per heavy atom. The number of carbonyl (C=O) groups excluding carboxylic acids is 1. The monoisotopic (exact) mass is 467 g/mol. The number of likely N-dealkylation sites (tertiary alicyclic amines) is 1. The zero-order valence-electron chi connectivity index (χ0n) is 19.6. The standard InChI is InChI=1S/C23H37N3O5S/c1-17(2)30-22-7-5-21(6-8-22)24-32(28,29)16-23(27)26-11-9-20(10-12-26)15-25-13-18(3)31-19(4)14-25/h5-8,17-20,24H,9-16H2,1-4H3. The quantitative estimate of drug-likeness (QED) is 0.632. The van der Waals surface area contributed by atoms with Gasteiger partial charge in [-0.05, 0) is 70.7 Å². The molecule has 0 saturated carbocycles. The van der Waals surface area contributed by atoms with Crippen LogP contribution < -0.4 is 9.46 Å². The van der Waals surface area contributed by atoms with Crippen LogP contribution in [-0.2, 0) is 19.6 Å². The van der Waals surface area contributed by atoms with Crippen LogP contribution in [0.4, 0.5) is 5.69 Å². The van der Waals surface area contributed by atoms with Crippen molar-refractivity contribution in [3.63, 3.8) is 0 Å². The molecule has 1 N–H and O–H groups in total. The molecular formula is C23H37N3O5S. The van der Waals surface area contributed by atoms with Gasteiger partial charge in [0.25, 0.3) is 0 Å². The second-order valence-corrected chi connectivity index (χ2v) is 11.1. The van der Waals surface area contributed by atoms with E-state index in [0.29, 0.717) is 30.4 Å². The lowest BCUT2D eigenvalue weighted by Gasteiger charge is -2.39. The first-order valence-electron chi connectivity index (χ1n) is 11.5. The number of morpholine rings is 1. The molecule has 2 heterocycles. The van der Waals surface area contributed by atoms with Gasteiger partial charge in [0.1, 0.15) is 11.5 Å². The maximum absolute atomic E-state index is 12.6. The van der Waals surface area contributed by atoms with Crippen LogP contribution in [0.2, 0.25) is 0 Å². The van der Waals surface area contributed by atoms with E-state index in [1.54, 1.807) is 29.2 Å². The second-order valence-electron chi connectivity index (χ2n) is 9.35. The van der Waals surface area contributed by atoms with E-state index < -0.39 is 15.8 Å². The van der Waals surface area contributed by atoms with Gasteiger partial charge in [-0.3, -0.25) is 14.4 Å². The van der Waals surface area contributed by atoms with Gasteiger partial charge in [0.15, 0.2) is 0 Å². The Morgan fingerprint density at radius 1 is 1.12 bits per heavy atom. The molecule has 0 spiro atoms. The van der Waals surface area contributed by atoms with Gasteiger partial charge in [0.05, 0.1) is 18.3 Å². The molecule has 1 aromatic carbocycles. The summed E-state index contributed by atoms with van der Waals surface area (Å²) in [5, 5.41) is 0. The Morgan fingerprint density at radius 3 is 2.28 bits per heavy atom. The summed E-state index contributed by atoms with van der Waals surface area (Å²) in [6, 6.07) is 6.69. The Balaban J connectivity index is 1.44. The zero-order chi connectivity index (χ0) is 23.3. The molecule has 0 aliphatic carbocycles. The summed E-state index contributed by atoms with van der Waals surface area (Å²) >= 11 is 0. The average molecular weight is 468 g/mol. The summed E-state index contributed by atoms with van der Waals surface area (Å²) in [7, 11) is -3.77. The summed E-state index contributed by atoms with van der Waals surface area (Å²) in [5.41, 5.74) is 0.418. The molecular weight excluding hydrogens is 430 g/mol. The summed E-state index contributed by atoms with van der Waals surface area (Å²) in [6.45, 7) is 12.2. The van der Waals surface area contributed by atoms with E-state index in [4.69, 9.17) is 9.47 Å². The predicted octanol–water partition coefficient (Wildman–Crippen LogP) is 2.56. The third-order valence-electron chi connectivity index (χ3n) is 5.79. The van der Waals surface area contributed by atoms with Crippen LogP contribution in [0, 0.1) is 5.92 Å². The molecule has 32 heavy (non-hydrogen) atoms. The van der Waals surface area contributed by atoms with Crippen LogP contribution in [-0.4, -0.2) is 80.9 Å². The van der Waals surface area contributed by atoms with Gasteiger partial charge in [0.2, 0.25) is 15.9 Å². The van der Waals surface area contributed by atoms with E-state index in [1.165, 1.54) is 0 Å². The van der Waals surface area contributed by atoms with Crippen LogP contribution in [0.15, 0.2) is 24.3 Å². The largest absolute Gasteiger partial charge is 0.491 e. The first kappa shape index (κ1) is 24.8. The normalized spacial score (nSPS) is 23.3. The van der Waals surface area contributed by atoms with Crippen molar-refractivity contribution in [2.24, 2.45) is 5.92 Å². The molecule has 3 rings (SSSR count). The van der Waals surface area contributed by atoms with Crippen LogP contribution in [0.5, 0.6) is 5.75 Å². The van der Waals surface area contributed by atoms with Crippen LogP contribution >= 0.6 is 0 Å². The molecule has 8 nitrogen and oxygen atoms in total. The third-order valence-corrected chi connectivity index (χ3v) is 6.97. The van der Waals surface area contributed by atoms with Gasteiger partial charge in [-0.1, -0.05) is 0 Å². The fourth-order valence-corrected chi connectivity index (χ4v) is 5.58. The number of ether oxygens (including phenoxy) is 2. The molecule has 2 atom stereocenters. The molecule has 2 aliphatic rings. The van der Waals surface area contributed by atoms with Gasteiger partial charge in [-0.15, -0.1) is 0 Å². The smallest absolute Gasteiger partial charge is 0.241 e. The van der Waals surface area contributed by atoms with Crippen molar-refractivity contribution in [2.45, 2.75) is 58.8 Å². The number of nitrogens with one attached hydrogen (secondary N) is 1. The number of carbonyl (C=O) groups is 1. The van der Waals surface area contributed by atoms with Crippen LogP contribution in [0.3, 0.4) is 0 Å². The highest BCUT2D eigenvalue weighted by atomic mass is 32.2. The number of sulfonamides is 1. The van der Waals surface area contributed by atoms with E-state index in [2.05, 4.69) is 23.5 Å². The van der Waals surface area contributed by atoms with Gasteiger partial charge >= 0.3 is 0 Å². The summed E-state index contributed by atoms with van der Waals surface area (Å²) in [5.74, 6) is 0.311. The third kappa shape index (κ3) is 7.64. The molecule has 2 aliphatic heterocycles. The summed E-state index contributed by atoms with van der Waals surface area (Å²) in [4.78, 5) is 16.8. The molecule has 2 unspecified atom stereocenters. The molecule has 2 fully saturated rings. The van der Waals surface area contributed by atoms with Crippen molar-refractivity contribution in [1.82, 2.24) is 9.80 Å². The van der Waals surface area contributed by atoms with Gasteiger partial charge in [0, 0.05) is 38.4 Å². The van der Waals surface area contributed by atoms with Gasteiger partial charge < -0.3 is 14.4 Å². The van der Waals surface area contributed by atoms with Crippen LogP contribution in [0.25, 0.3) is 0 Å². The van der Waals surface area contributed by atoms with Crippen molar-refractivity contribution >= 4 is 21.6 Å². The van der Waals surface area contributed by atoms with Crippen molar-refractivity contribution in [1.29, 1.82) is 0 Å². The fraction of sp³-hybridized carbons (Fsp3) is 0.696. The van der Waals surface area contributed by atoms with Crippen molar-refractivity contribution in [3.8, 4) is 5.75 Å². The van der Waals surface area contributed by atoms with Crippen molar-refractivity contribution in [3.05, 3.63) is 24.3 Å². The highest BCUT2D eigenvalue weighted by molar-refractivity contribution is 7.93. The number of amides is 1. The fourth-order valence-electron chi connectivity index (χ4n) is 4.51. The summed E-state index contributed by atoms with van der Waals surface area (Å²) in [6.07, 6.45) is 2.34. The number of benzene rings is 1. The highest BCUT2D eigenvalue weighted by Crippen LogP contribution is 2.22. The van der Waals surface area contributed by atoms with E-state index >= 15 is 0 Å². The second kappa shape index (κ2) is 10.9. The first-order chi connectivity index (χ1) is 15.1. The number of anilines is 1. The van der Waals surface area contributed by atoms with E-state index in [0.717, 1.165) is 32.5 Å². The Bertz CT molecular complexity index is 841. The van der Waals surface area contributed by atoms with Gasteiger partial charge in [-0.25, -0.2) is 8.42 Å². The molecule has 2 saturated heterocycles. The van der Waals surface area contributed by atoms with Gasteiger partial charge in [-0.2, -0.15) is 0 Å². The molecule has 9 heteroatoms. The Labute approximate surface area is 192 Å². The Kier molecular flexibility index (Phi) is 8.41. The van der Waals surface area contributed by atoms with E-state index in [9.17, 15) is 13.2 Å². The zero-order valence-corrected chi connectivity index (χ0v) is 20.4. The number of nitrogens with zero attached hydrogens (tertiary/aromatic N) is 2. The molecule has 0 radical (unpaired) electrons. The van der Waals surface area contributed by atoms with Crippen molar-refractivity contribution in [2.75, 3.05) is 43.2 Å². The predicted molar refractivity (Wildman–Crippen MR) is 125 cm³/mol. The van der Waals surface area contributed by atoms with E-state index in [1.807, 2.05) is 13.8 Å². The molecule has 0 aromatic heterocycles. The van der Waals surface area contributed by atoms with Crippen molar-refractivity contribution < 1.29 is 22.7 Å². The lowest BCUT2D eigenvalue weighted by molar-refractivity contribution is -0.130. The number of hydrogen-bond acceptors (Lipinski definition) is 6. The first-order valence-corrected chi connectivity index (χ1v) is 13.2. The lowest BCUT2D eigenvalue weighted by atomic mass is 9.95. The highest BCUT2D eigenvalue weighted by Gasteiger charge is 2.29. The van der Waals surface area contributed by atoms with Crippen LogP contribution in [0.1, 0.15) is 40.5 Å². The topological polar surface area (TPSA) is 88.2 Å². The molecule has 0 bridgehead atoms. The lowest BCUT2D eigenvalue weighted by Crippen LogP contribution is -2.49. The molecule has 180 valence electrons. The number of piperidine rings is 1.